The van der Waals surface area contributed by atoms with Gasteiger partial charge in [-0.3, -0.25) is 0 Å². The Morgan fingerprint density at radius 1 is 0.367 bits per heavy atom. The molecule has 0 aromatic heterocycles. The average molecular weight is 407 g/mol. The minimum atomic E-state index is 1.05. The van der Waals surface area contributed by atoms with E-state index in [0.29, 0.717) is 0 Å². The molecular weight excluding hydrogens is 360 g/mol. The zero-order valence-electron chi connectivity index (χ0n) is 19.7. The molecule has 8 rings (SSSR count). The normalized spacial score (nSPS) is 67.4. The van der Waals surface area contributed by atoms with Crippen molar-refractivity contribution < 1.29 is 0 Å². The molecule has 0 nitrogen and oxygen atoms in total. The lowest BCUT2D eigenvalue weighted by atomic mass is 9.31. The highest BCUT2D eigenvalue weighted by Crippen LogP contribution is 2.75. The minimum absolute atomic E-state index is 1.05. The van der Waals surface area contributed by atoms with E-state index in [0.717, 1.165) is 35.5 Å². The smallest absolute Gasteiger partial charge is 0.0315 e. The molecule has 0 aromatic rings. The summed E-state index contributed by atoms with van der Waals surface area (Å²) in [6, 6.07) is 0. The van der Waals surface area contributed by atoms with E-state index < -0.39 is 0 Å². The molecule has 0 heterocycles. The summed E-state index contributed by atoms with van der Waals surface area (Å²) in [6.45, 7) is 5.40. The average Bonchev–Trinajstić information content (AvgIpc) is 2.77. The maximum Gasteiger partial charge on any atom is -0.0315 e. The first kappa shape index (κ1) is 18.4. The Labute approximate surface area is 185 Å². The summed E-state index contributed by atoms with van der Waals surface area (Å²) in [5, 5.41) is 0. The van der Waals surface area contributed by atoms with Gasteiger partial charge in [0.15, 0.2) is 0 Å². The number of fused-ring (bicyclic) bond motifs is 2. The minimum Gasteiger partial charge on any atom is -0.0622 e. The van der Waals surface area contributed by atoms with Gasteiger partial charge < -0.3 is 0 Å². The van der Waals surface area contributed by atoms with Gasteiger partial charge >= 0.3 is 0 Å². The second-order valence-electron chi connectivity index (χ2n) is 14.4. The summed E-state index contributed by atoms with van der Waals surface area (Å²) in [5.74, 6) is 18.4. The summed E-state index contributed by atoms with van der Waals surface area (Å²) in [6.07, 6.45) is 19.5. The lowest BCUT2D eigenvalue weighted by Gasteiger charge is -2.74. The van der Waals surface area contributed by atoms with Crippen LogP contribution >= 0.6 is 0 Å². The molecular formula is C30H46. The van der Waals surface area contributed by atoms with E-state index in [1.165, 1.54) is 59.2 Å². The molecule has 8 saturated carbocycles. The van der Waals surface area contributed by atoms with Crippen molar-refractivity contribution in [1.82, 2.24) is 0 Å². The Morgan fingerprint density at radius 2 is 0.733 bits per heavy atom. The van der Waals surface area contributed by atoms with Crippen LogP contribution in [0.5, 0.6) is 0 Å². The third kappa shape index (κ3) is 2.13. The first-order chi connectivity index (χ1) is 14.7. The van der Waals surface area contributed by atoms with Gasteiger partial charge in [0.2, 0.25) is 0 Å². The summed E-state index contributed by atoms with van der Waals surface area (Å²) < 4.78 is 0. The number of hydrogen-bond donors (Lipinski definition) is 0. The molecule has 0 N–H and O–H groups in total. The van der Waals surface area contributed by atoms with Crippen LogP contribution in [-0.2, 0) is 0 Å². The fourth-order valence-electron chi connectivity index (χ4n) is 13.9. The molecule has 16 atom stereocenters. The Balaban J connectivity index is 1.30. The highest BCUT2D eigenvalue weighted by atomic mass is 14.7. The second kappa shape index (κ2) is 6.32. The van der Waals surface area contributed by atoms with E-state index in [1.807, 2.05) is 0 Å². The highest BCUT2D eigenvalue weighted by molar-refractivity contribution is 5.17. The van der Waals surface area contributed by atoms with Crippen molar-refractivity contribution in [3.8, 4) is 0 Å². The first-order valence-corrected chi connectivity index (χ1v) is 14.7. The van der Waals surface area contributed by atoms with Crippen molar-refractivity contribution in [2.24, 2.45) is 94.7 Å². The predicted molar refractivity (Wildman–Crippen MR) is 123 cm³/mol. The zero-order valence-corrected chi connectivity index (χ0v) is 19.7. The molecule has 0 spiro atoms. The van der Waals surface area contributed by atoms with Crippen LogP contribution in [0.3, 0.4) is 0 Å². The van der Waals surface area contributed by atoms with Gasteiger partial charge in [0, 0.05) is 0 Å². The van der Waals surface area contributed by atoms with Crippen LogP contribution in [0, 0.1) is 94.7 Å². The van der Waals surface area contributed by atoms with Crippen LogP contribution in [0.4, 0.5) is 0 Å². The third-order valence-electron chi connectivity index (χ3n) is 14.1. The van der Waals surface area contributed by atoms with E-state index in [1.54, 1.807) is 77.0 Å². The van der Waals surface area contributed by atoms with Gasteiger partial charge in [-0.2, -0.15) is 0 Å². The molecule has 8 aliphatic carbocycles. The van der Waals surface area contributed by atoms with Crippen LogP contribution < -0.4 is 0 Å². The Hall–Kier alpha value is 0. The maximum atomic E-state index is 2.70. The lowest BCUT2D eigenvalue weighted by Crippen LogP contribution is -2.68. The molecule has 0 aromatic carbocycles. The first-order valence-electron chi connectivity index (χ1n) is 14.7. The Kier molecular flexibility index (Phi) is 3.88. The van der Waals surface area contributed by atoms with Crippen LogP contribution in [-0.4, -0.2) is 0 Å². The maximum absolute atomic E-state index is 2.70. The zero-order chi connectivity index (χ0) is 19.7. The van der Waals surface area contributed by atoms with Crippen LogP contribution in [0.2, 0.25) is 0 Å². The summed E-state index contributed by atoms with van der Waals surface area (Å²) >= 11 is 0. The van der Waals surface area contributed by atoms with Crippen LogP contribution in [0.1, 0.15) is 90.9 Å². The molecule has 0 aliphatic heterocycles. The van der Waals surface area contributed by atoms with Gasteiger partial charge in [0.05, 0.1) is 0 Å². The van der Waals surface area contributed by atoms with Gasteiger partial charge in [-0.1, -0.05) is 39.5 Å². The largest absolute Gasteiger partial charge is 0.0622 e. The van der Waals surface area contributed by atoms with Gasteiger partial charge in [0.1, 0.15) is 0 Å². The summed E-state index contributed by atoms with van der Waals surface area (Å²) in [5.41, 5.74) is 0. The topological polar surface area (TPSA) is 0 Å². The molecule has 30 heavy (non-hydrogen) atoms. The highest BCUT2D eigenvalue weighted by Gasteiger charge is 2.69. The van der Waals surface area contributed by atoms with Crippen molar-refractivity contribution in [2.75, 3.05) is 0 Å². The Morgan fingerprint density at radius 3 is 1.20 bits per heavy atom. The molecule has 0 saturated heterocycles. The van der Waals surface area contributed by atoms with E-state index in [2.05, 4.69) is 13.8 Å². The number of rotatable bonds is 0. The molecule has 0 bridgehead atoms. The van der Waals surface area contributed by atoms with E-state index in [-0.39, 0.29) is 0 Å². The van der Waals surface area contributed by atoms with E-state index in [4.69, 9.17) is 0 Å². The second-order valence-corrected chi connectivity index (χ2v) is 14.4. The van der Waals surface area contributed by atoms with Crippen molar-refractivity contribution in [2.45, 2.75) is 90.9 Å². The summed E-state index contributed by atoms with van der Waals surface area (Å²) in [4.78, 5) is 0. The molecule has 166 valence electrons. The van der Waals surface area contributed by atoms with Gasteiger partial charge in [0.25, 0.3) is 0 Å². The molecule has 0 amide bonds. The van der Waals surface area contributed by atoms with Gasteiger partial charge in [-0.15, -0.1) is 0 Å². The Bertz CT molecular complexity index is 649. The van der Waals surface area contributed by atoms with Crippen LogP contribution in [0.15, 0.2) is 0 Å². The molecule has 8 aliphatic rings. The fraction of sp³-hybridized carbons (Fsp3) is 1.00. The molecule has 0 heteroatoms. The van der Waals surface area contributed by atoms with Gasteiger partial charge in [-0.25, -0.2) is 0 Å². The molecule has 0 unspecified atom stereocenters. The molecule has 0 radical (unpaired) electrons. The van der Waals surface area contributed by atoms with E-state index in [9.17, 15) is 0 Å². The fourth-order valence-corrected chi connectivity index (χ4v) is 13.9. The summed E-state index contributed by atoms with van der Waals surface area (Å²) in [7, 11) is 0. The van der Waals surface area contributed by atoms with Crippen molar-refractivity contribution in [3.05, 3.63) is 0 Å². The van der Waals surface area contributed by atoms with Crippen molar-refractivity contribution in [1.29, 1.82) is 0 Å². The van der Waals surface area contributed by atoms with Crippen LogP contribution in [0.25, 0.3) is 0 Å². The van der Waals surface area contributed by atoms with Crippen molar-refractivity contribution in [3.63, 3.8) is 0 Å². The third-order valence-corrected chi connectivity index (χ3v) is 14.1. The molecule has 8 fully saturated rings. The monoisotopic (exact) mass is 406 g/mol. The number of hydrogen-bond acceptors (Lipinski definition) is 0. The van der Waals surface area contributed by atoms with Crippen molar-refractivity contribution >= 4 is 0 Å². The van der Waals surface area contributed by atoms with Gasteiger partial charge in [-0.05, 0) is 146 Å². The predicted octanol–water partition coefficient (Wildman–Crippen LogP) is 7.68. The standard InChI is InChI=1S/C30H46/c1-15-13-17-5-3-7-21-24-12-10-20-16(2)14-18-6-4-8-22-23-11-9-19(15)27(25(17)21)29(23)30(24)28(20)26(18)22/h15-30H,3-14H2,1-2H3/t15-,16-,17+,18+,19-,20-,21-,22-,23+,24+,25-,26-,27-,28-,29-,30-/m0/s1. The lowest BCUT2D eigenvalue weighted by molar-refractivity contribution is -0.259. The van der Waals surface area contributed by atoms with E-state index >= 15 is 0 Å². The quantitative estimate of drug-likeness (QED) is 0.387. The SMILES string of the molecule is C[C@H]1C[C@H]2CCC[C@H]3[C@H]4CC[C@@H]5[C@@H]6[C@H]4[C@H]4[C@H](CC[C@@H]1[C@H]4[C@@H]23)[C@@H]1CCC[C@H](C[C@@H]5C)[C@@H]16.